The van der Waals surface area contributed by atoms with E-state index in [1.165, 1.54) is 0 Å². The average molecular weight is 433 g/mol. The number of carbonyl (C=O) groups excluding carboxylic acids is 2. The standard InChI is InChI=1S/C25H28N4O3/c1-16(19-10-6-17(7-11-19)14-20-4-3-5-22(20)30)24(31)27-25-26-23(28-29-25)15-18-8-12-21(32-2)13-9-18/h6-13,16,20H,3-5,14-15H2,1-2H3,(H2,26,27,28,29,31). The molecule has 0 bridgehead atoms. The molecule has 1 fully saturated rings. The smallest absolute Gasteiger partial charge is 0.248 e. The zero-order valence-corrected chi connectivity index (χ0v) is 18.4. The fraction of sp³-hybridized carbons (Fsp3) is 0.360. The van der Waals surface area contributed by atoms with Crippen molar-refractivity contribution in [2.24, 2.45) is 5.92 Å². The van der Waals surface area contributed by atoms with Crippen molar-refractivity contribution in [1.82, 2.24) is 15.2 Å². The van der Waals surface area contributed by atoms with E-state index in [9.17, 15) is 9.59 Å². The molecule has 4 rings (SSSR count). The summed E-state index contributed by atoms with van der Waals surface area (Å²) in [7, 11) is 1.63. The normalized spacial score (nSPS) is 16.7. The van der Waals surface area contributed by atoms with Crippen LogP contribution < -0.4 is 10.1 Å². The number of ether oxygens (including phenoxy) is 1. The molecule has 0 aliphatic heterocycles. The molecule has 1 aliphatic rings. The highest BCUT2D eigenvalue weighted by Crippen LogP contribution is 2.26. The molecule has 7 nitrogen and oxygen atoms in total. The van der Waals surface area contributed by atoms with Crippen LogP contribution in [-0.2, 0) is 22.4 Å². The van der Waals surface area contributed by atoms with E-state index in [0.29, 0.717) is 24.4 Å². The summed E-state index contributed by atoms with van der Waals surface area (Å²) < 4.78 is 5.17. The summed E-state index contributed by atoms with van der Waals surface area (Å²) in [6.45, 7) is 1.86. The van der Waals surface area contributed by atoms with Crippen molar-refractivity contribution >= 4 is 17.6 Å². The van der Waals surface area contributed by atoms with Gasteiger partial charge in [-0.1, -0.05) is 36.4 Å². The van der Waals surface area contributed by atoms with E-state index < -0.39 is 0 Å². The van der Waals surface area contributed by atoms with Crippen LogP contribution in [0.15, 0.2) is 48.5 Å². The van der Waals surface area contributed by atoms with Crippen molar-refractivity contribution in [2.45, 2.75) is 44.9 Å². The number of amides is 1. The van der Waals surface area contributed by atoms with Gasteiger partial charge in [-0.3, -0.25) is 20.0 Å². The lowest BCUT2D eigenvalue weighted by atomic mass is 9.94. The highest BCUT2D eigenvalue weighted by molar-refractivity contribution is 5.94. The number of aromatic amines is 1. The van der Waals surface area contributed by atoms with Gasteiger partial charge in [-0.2, -0.15) is 4.98 Å². The summed E-state index contributed by atoms with van der Waals surface area (Å²) in [5.41, 5.74) is 3.12. The van der Waals surface area contributed by atoms with E-state index in [-0.39, 0.29) is 23.7 Å². The summed E-state index contributed by atoms with van der Waals surface area (Å²) >= 11 is 0. The number of nitrogens with one attached hydrogen (secondary N) is 2. The number of hydrogen-bond donors (Lipinski definition) is 2. The third kappa shape index (κ3) is 5.22. The molecule has 166 valence electrons. The summed E-state index contributed by atoms with van der Waals surface area (Å²) in [4.78, 5) is 28.9. The Kier molecular flexibility index (Phi) is 6.63. The van der Waals surface area contributed by atoms with Crippen LogP contribution in [0.3, 0.4) is 0 Å². The number of benzene rings is 2. The van der Waals surface area contributed by atoms with Crippen molar-refractivity contribution < 1.29 is 14.3 Å². The average Bonchev–Trinajstić information content (AvgIpc) is 3.42. The number of rotatable bonds is 8. The van der Waals surface area contributed by atoms with E-state index in [0.717, 1.165) is 41.7 Å². The quantitative estimate of drug-likeness (QED) is 0.560. The zero-order chi connectivity index (χ0) is 22.5. The van der Waals surface area contributed by atoms with E-state index in [1.807, 2.05) is 55.5 Å². The number of aromatic nitrogens is 3. The molecule has 0 spiro atoms. The molecule has 2 aromatic carbocycles. The van der Waals surface area contributed by atoms with Crippen molar-refractivity contribution in [3.63, 3.8) is 0 Å². The first-order chi connectivity index (χ1) is 15.5. The third-order valence-corrected chi connectivity index (χ3v) is 6.08. The van der Waals surface area contributed by atoms with Crippen LogP contribution in [-0.4, -0.2) is 34.0 Å². The van der Waals surface area contributed by atoms with Crippen molar-refractivity contribution in [1.29, 1.82) is 0 Å². The highest BCUT2D eigenvalue weighted by atomic mass is 16.5. The first-order valence-electron chi connectivity index (χ1n) is 11.0. The van der Waals surface area contributed by atoms with Gasteiger partial charge in [0, 0.05) is 18.8 Å². The molecular formula is C25H28N4O3. The van der Waals surface area contributed by atoms with E-state index in [4.69, 9.17) is 4.74 Å². The molecule has 1 saturated carbocycles. The number of methoxy groups -OCH3 is 1. The lowest BCUT2D eigenvalue weighted by Gasteiger charge is -2.13. The number of Topliss-reactive ketones (excluding diaryl/α,β-unsaturated/α-hetero) is 1. The van der Waals surface area contributed by atoms with Crippen LogP contribution in [0, 0.1) is 5.92 Å². The van der Waals surface area contributed by atoms with E-state index >= 15 is 0 Å². The Labute approximate surface area is 187 Å². The molecule has 2 atom stereocenters. The SMILES string of the molecule is COc1ccc(Cc2nc(NC(=O)C(C)c3ccc(CC4CCCC4=O)cc3)n[nH]2)cc1. The molecule has 1 aromatic heterocycles. The Bertz CT molecular complexity index is 1070. The number of anilines is 1. The van der Waals surface area contributed by atoms with Gasteiger partial charge in [0.05, 0.1) is 13.0 Å². The lowest BCUT2D eigenvalue weighted by molar-refractivity contribution is -0.120. The van der Waals surface area contributed by atoms with Gasteiger partial charge in [-0.05, 0) is 55.0 Å². The molecule has 1 amide bonds. The summed E-state index contributed by atoms with van der Waals surface area (Å²) in [6.07, 6.45) is 4.06. The predicted molar refractivity (Wildman–Crippen MR) is 122 cm³/mol. The van der Waals surface area contributed by atoms with Crippen LogP contribution in [0.25, 0.3) is 0 Å². The molecule has 0 radical (unpaired) electrons. The third-order valence-electron chi connectivity index (χ3n) is 6.08. The van der Waals surface area contributed by atoms with Crippen LogP contribution >= 0.6 is 0 Å². The first-order valence-corrected chi connectivity index (χ1v) is 11.0. The molecule has 3 aromatic rings. The second-order valence-corrected chi connectivity index (χ2v) is 8.34. The molecule has 1 heterocycles. The van der Waals surface area contributed by atoms with Gasteiger partial charge in [0.1, 0.15) is 17.4 Å². The molecule has 32 heavy (non-hydrogen) atoms. The van der Waals surface area contributed by atoms with Crippen LogP contribution in [0.4, 0.5) is 5.95 Å². The Morgan fingerprint density at radius 3 is 2.53 bits per heavy atom. The minimum Gasteiger partial charge on any atom is -0.497 e. The summed E-state index contributed by atoms with van der Waals surface area (Å²) in [6, 6.07) is 15.7. The van der Waals surface area contributed by atoms with Crippen LogP contribution in [0.5, 0.6) is 5.75 Å². The van der Waals surface area contributed by atoms with Gasteiger partial charge < -0.3 is 4.74 Å². The zero-order valence-electron chi connectivity index (χ0n) is 18.4. The maximum Gasteiger partial charge on any atom is 0.248 e. The van der Waals surface area contributed by atoms with Gasteiger partial charge >= 0.3 is 0 Å². The van der Waals surface area contributed by atoms with Crippen molar-refractivity contribution in [3.05, 3.63) is 71.0 Å². The second-order valence-electron chi connectivity index (χ2n) is 8.34. The van der Waals surface area contributed by atoms with Gasteiger partial charge in [0.2, 0.25) is 11.9 Å². The topological polar surface area (TPSA) is 97.0 Å². The number of nitrogens with zero attached hydrogens (tertiary/aromatic N) is 2. The fourth-order valence-electron chi connectivity index (χ4n) is 4.07. The molecular weight excluding hydrogens is 404 g/mol. The van der Waals surface area contributed by atoms with Crippen molar-refractivity contribution in [3.8, 4) is 5.75 Å². The number of ketones is 1. The lowest BCUT2D eigenvalue weighted by Crippen LogP contribution is -2.19. The monoisotopic (exact) mass is 432 g/mol. The summed E-state index contributed by atoms with van der Waals surface area (Å²) in [5, 5.41) is 9.78. The maximum atomic E-state index is 12.7. The molecule has 2 unspecified atom stereocenters. The fourth-order valence-corrected chi connectivity index (χ4v) is 4.07. The van der Waals surface area contributed by atoms with Gasteiger partial charge in [-0.15, -0.1) is 5.10 Å². The van der Waals surface area contributed by atoms with Crippen LogP contribution in [0.2, 0.25) is 0 Å². The Balaban J connectivity index is 1.32. The predicted octanol–water partition coefficient (Wildman–Crippen LogP) is 4.06. The van der Waals surface area contributed by atoms with E-state index in [2.05, 4.69) is 20.5 Å². The number of carbonyl (C=O) groups is 2. The molecule has 0 saturated heterocycles. The van der Waals surface area contributed by atoms with Gasteiger partial charge in [0.25, 0.3) is 0 Å². The molecule has 2 N–H and O–H groups in total. The highest BCUT2D eigenvalue weighted by Gasteiger charge is 2.24. The van der Waals surface area contributed by atoms with Gasteiger partial charge in [0.15, 0.2) is 0 Å². The number of hydrogen-bond acceptors (Lipinski definition) is 5. The first kappa shape index (κ1) is 21.7. The van der Waals surface area contributed by atoms with E-state index in [1.54, 1.807) is 7.11 Å². The minimum atomic E-state index is -0.347. The Morgan fingerprint density at radius 2 is 1.88 bits per heavy atom. The Hall–Kier alpha value is -3.48. The largest absolute Gasteiger partial charge is 0.497 e. The minimum absolute atomic E-state index is 0.152. The van der Waals surface area contributed by atoms with Crippen LogP contribution in [0.1, 0.15) is 54.6 Å². The molecule has 1 aliphatic carbocycles. The maximum absolute atomic E-state index is 12.7. The Morgan fingerprint density at radius 1 is 1.16 bits per heavy atom. The van der Waals surface area contributed by atoms with Crippen molar-refractivity contribution in [2.75, 3.05) is 12.4 Å². The second kappa shape index (κ2) is 9.77. The number of H-pyrrole nitrogens is 1. The summed E-state index contributed by atoms with van der Waals surface area (Å²) in [5.74, 6) is 1.75. The molecule has 7 heteroatoms. The van der Waals surface area contributed by atoms with Gasteiger partial charge in [-0.25, -0.2) is 0 Å².